The number of carbonyl (C=O) groups excluding carboxylic acids is 1. The van der Waals surface area contributed by atoms with Crippen LogP contribution in [-0.4, -0.2) is 5.91 Å². The van der Waals surface area contributed by atoms with Crippen LogP contribution in [0.3, 0.4) is 0 Å². The van der Waals surface area contributed by atoms with Crippen LogP contribution >= 0.6 is 0 Å². The van der Waals surface area contributed by atoms with Gasteiger partial charge in [-0.25, -0.2) is 0 Å². The van der Waals surface area contributed by atoms with Crippen LogP contribution in [-0.2, 0) is 6.42 Å². The Kier molecular flexibility index (Phi) is 3.85. The van der Waals surface area contributed by atoms with Crippen LogP contribution in [0, 0.1) is 6.92 Å². The summed E-state index contributed by atoms with van der Waals surface area (Å²) < 4.78 is 0. The Balaban J connectivity index is 2.26. The summed E-state index contributed by atoms with van der Waals surface area (Å²) in [5, 5.41) is 2.90. The van der Waals surface area contributed by atoms with Gasteiger partial charge in [0, 0.05) is 11.4 Å². The van der Waals surface area contributed by atoms with Gasteiger partial charge in [-0.15, -0.1) is 0 Å². The molecule has 0 saturated carbocycles. The van der Waals surface area contributed by atoms with E-state index in [-0.39, 0.29) is 5.91 Å². The molecule has 0 heterocycles. The van der Waals surface area contributed by atoms with Gasteiger partial charge >= 0.3 is 0 Å². The number of nitrogens with two attached hydrogens (primary N) is 1. The molecular formula is C16H18N2O. The molecule has 0 aromatic heterocycles. The van der Waals surface area contributed by atoms with E-state index in [1.807, 2.05) is 43.3 Å². The molecule has 0 atom stereocenters. The molecule has 3 nitrogen and oxygen atoms in total. The van der Waals surface area contributed by atoms with Crippen LogP contribution in [0.1, 0.15) is 28.4 Å². The van der Waals surface area contributed by atoms with Crippen molar-refractivity contribution in [2.45, 2.75) is 20.3 Å². The van der Waals surface area contributed by atoms with Gasteiger partial charge in [0.05, 0.1) is 5.56 Å². The second kappa shape index (κ2) is 5.57. The molecule has 0 aliphatic heterocycles. The Bertz CT molecular complexity index is 585. The van der Waals surface area contributed by atoms with Crippen molar-refractivity contribution in [1.29, 1.82) is 0 Å². The fourth-order valence-electron chi connectivity index (χ4n) is 2.06. The average molecular weight is 254 g/mol. The molecule has 0 radical (unpaired) electrons. The molecule has 1 amide bonds. The van der Waals surface area contributed by atoms with E-state index in [1.54, 1.807) is 6.07 Å². The minimum absolute atomic E-state index is 0.163. The standard InChI is InChI=1S/C16H18N2O/c1-3-12-7-5-8-13(10-12)18-16(19)15-11(2)6-4-9-14(15)17/h4-10H,3,17H2,1-2H3,(H,18,19). The van der Waals surface area contributed by atoms with Gasteiger partial charge in [-0.2, -0.15) is 0 Å². The van der Waals surface area contributed by atoms with Crippen molar-refractivity contribution < 1.29 is 4.79 Å². The van der Waals surface area contributed by atoms with Crippen LogP contribution < -0.4 is 11.1 Å². The lowest BCUT2D eigenvalue weighted by molar-refractivity contribution is 0.102. The van der Waals surface area contributed by atoms with E-state index in [4.69, 9.17) is 5.73 Å². The van der Waals surface area contributed by atoms with Crippen molar-refractivity contribution in [1.82, 2.24) is 0 Å². The Morgan fingerprint density at radius 2 is 1.95 bits per heavy atom. The van der Waals surface area contributed by atoms with E-state index in [0.717, 1.165) is 17.7 Å². The molecule has 0 bridgehead atoms. The minimum Gasteiger partial charge on any atom is -0.398 e. The molecule has 3 N–H and O–H groups in total. The van der Waals surface area contributed by atoms with Gasteiger partial charge in [0.2, 0.25) is 0 Å². The topological polar surface area (TPSA) is 55.1 Å². The smallest absolute Gasteiger partial charge is 0.258 e. The fraction of sp³-hybridized carbons (Fsp3) is 0.188. The lowest BCUT2D eigenvalue weighted by Gasteiger charge is -2.10. The maximum Gasteiger partial charge on any atom is 0.258 e. The molecule has 0 spiro atoms. The second-order valence-corrected chi connectivity index (χ2v) is 4.55. The van der Waals surface area contributed by atoms with Gasteiger partial charge in [0.1, 0.15) is 0 Å². The van der Waals surface area contributed by atoms with E-state index >= 15 is 0 Å². The lowest BCUT2D eigenvalue weighted by Crippen LogP contribution is -2.15. The Hall–Kier alpha value is -2.29. The number of hydrogen-bond acceptors (Lipinski definition) is 2. The Morgan fingerprint density at radius 3 is 2.63 bits per heavy atom. The molecule has 3 heteroatoms. The maximum atomic E-state index is 12.3. The SMILES string of the molecule is CCc1cccc(NC(=O)c2c(C)cccc2N)c1. The van der Waals surface area contributed by atoms with Crippen molar-refractivity contribution in [3.05, 3.63) is 59.2 Å². The molecule has 2 aromatic carbocycles. The number of rotatable bonds is 3. The molecule has 98 valence electrons. The first-order chi connectivity index (χ1) is 9.11. The molecule has 0 aliphatic carbocycles. The van der Waals surface area contributed by atoms with Crippen LogP contribution in [0.4, 0.5) is 11.4 Å². The lowest BCUT2D eigenvalue weighted by atomic mass is 10.1. The van der Waals surface area contributed by atoms with Gasteiger partial charge in [-0.3, -0.25) is 4.79 Å². The summed E-state index contributed by atoms with van der Waals surface area (Å²) in [6.07, 6.45) is 0.941. The van der Waals surface area contributed by atoms with Gasteiger partial charge < -0.3 is 11.1 Å². The summed E-state index contributed by atoms with van der Waals surface area (Å²) in [5.41, 5.74) is 9.79. The summed E-state index contributed by atoms with van der Waals surface area (Å²) in [4.78, 5) is 12.3. The summed E-state index contributed by atoms with van der Waals surface area (Å²) in [6.45, 7) is 3.97. The number of hydrogen-bond donors (Lipinski definition) is 2. The number of aryl methyl sites for hydroxylation is 2. The zero-order chi connectivity index (χ0) is 13.8. The van der Waals surface area contributed by atoms with E-state index in [1.165, 1.54) is 5.56 Å². The van der Waals surface area contributed by atoms with E-state index in [0.29, 0.717) is 11.3 Å². The second-order valence-electron chi connectivity index (χ2n) is 4.55. The van der Waals surface area contributed by atoms with Crippen molar-refractivity contribution in [3.63, 3.8) is 0 Å². The van der Waals surface area contributed by atoms with Gasteiger partial charge in [-0.1, -0.05) is 31.2 Å². The van der Waals surface area contributed by atoms with Crippen molar-refractivity contribution >= 4 is 17.3 Å². The average Bonchev–Trinajstić information content (AvgIpc) is 2.38. The summed E-state index contributed by atoms with van der Waals surface area (Å²) >= 11 is 0. The number of nitrogen functional groups attached to an aromatic ring is 1. The molecule has 2 rings (SSSR count). The molecule has 0 unspecified atom stereocenters. The van der Waals surface area contributed by atoms with E-state index < -0.39 is 0 Å². The third kappa shape index (κ3) is 2.94. The highest BCUT2D eigenvalue weighted by Gasteiger charge is 2.12. The predicted octanol–water partition coefficient (Wildman–Crippen LogP) is 3.39. The highest BCUT2D eigenvalue weighted by atomic mass is 16.1. The van der Waals surface area contributed by atoms with Crippen molar-refractivity contribution in [2.24, 2.45) is 0 Å². The molecule has 0 saturated heterocycles. The van der Waals surface area contributed by atoms with Crippen LogP contribution in [0.15, 0.2) is 42.5 Å². The number of benzene rings is 2. The Labute approximate surface area is 113 Å². The first-order valence-electron chi connectivity index (χ1n) is 6.37. The predicted molar refractivity (Wildman–Crippen MR) is 79.4 cm³/mol. The summed E-state index contributed by atoms with van der Waals surface area (Å²) in [6, 6.07) is 13.3. The fourth-order valence-corrected chi connectivity index (χ4v) is 2.06. The summed E-state index contributed by atoms with van der Waals surface area (Å²) in [5.74, 6) is -0.163. The minimum atomic E-state index is -0.163. The van der Waals surface area contributed by atoms with E-state index in [2.05, 4.69) is 12.2 Å². The molecule has 0 aliphatic rings. The van der Waals surface area contributed by atoms with E-state index in [9.17, 15) is 4.79 Å². The molecule has 2 aromatic rings. The number of anilines is 2. The Morgan fingerprint density at radius 1 is 1.21 bits per heavy atom. The van der Waals surface area contributed by atoms with Crippen LogP contribution in [0.5, 0.6) is 0 Å². The number of carbonyl (C=O) groups is 1. The zero-order valence-electron chi connectivity index (χ0n) is 11.2. The normalized spacial score (nSPS) is 10.2. The monoisotopic (exact) mass is 254 g/mol. The number of amides is 1. The third-order valence-electron chi connectivity index (χ3n) is 3.13. The van der Waals surface area contributed by atoms with Crippen molar-refractivity contribution in [2.75, 3.05) is 11.1 Å². The molecule has 19 heavy (non-hydrogen) atoms. The highest BCUT2D eigenvalue weighted by Crippen LogP contribution is 2.19. The quantitative estimate of drug-likeness (QED) is 0.825. The van der Waals surface area contributed by atoms with Gasteiger partial charge in [-0.05, 0) is 42.7 Å². The molecule has 0 fully saturated rings. The summed E-state index contributed by atoms with van der Waals surface area (Å²) in [7, 11) is 0. The maximum absolute atomic E-state index is 12.3. The zero-order valence-corrected chi connectivity index (χ0v) is 11.2. The van der Waals surface area contributed by atoms with Crippen LogP contribution in [0.25, 0.3) is 0 Å². The highest BCUT2D eigenvalue weighted by molar-refractivity contribution is 6.08. The number of nitrogens with one attached hydrogen (secondary N) is 1. The van der Waals surface area contributed by atoms with Crippen LogP contribution in [0.2, 0.25) is 0 Å². The third-order valence-corrected chi connectivity index (χ3v) is 3.13. The van der Waals surface area contributed by atoms with Gasteiger partial charge in [0.15, 0.2) is 0 Å². The molecular weight excluding hydrogens is 236 g/mol. The first kappa shape index (κ1) is 13.1. The largest absolute Gasteiger partial charge is 0.398 e. The first-order valence-corrected chi connectivity index (χ1v) is 6.37. The van der Waals surface area contributed by atoms with Gasteiger partial charge in [0.25, 0.3) is 5.91 Å². The van der Waals surface area contributed by atoms with Crippen molar-refractivity contribution in [3.8, 4) is 0 Å².